The van der Waals surface area contributed by atoms with E-state index >= 15 is 0 Å². The van der Waals surface area contributed by atoms with Gasteiger partial charge in [-0.15, -0.1) is 0 Å². The van der Waals surface area contributed by atoms with Crippen molar-refractivity contribution in [2.45, 2.75) is 27.7 Å². The second kappa shape index (κ2) is 8.73. The van der Waals surface area contributed by atoms with Gasteiger partial charge in [0.1, 0.15) is 11.5 Å². The number of rotatable bonds is 8. The number of hydrogen-bond donors (Lipinski definition) is 1. The normalized spacial score (nSPS) is 12.1. The van der Waals surface area contributed by atoms with E-state index in [-0.39, 0.29) is 0 Å². The zero-order valence-corrected chi connectivity index (χ0v) is 14.2. The molecule has 1 aromatic rings. The average molecular weight is 291 g/mol. The highest BCUT2D eigenvalue weighted by Gasteiger charge is 2.06. The van der Waals surface area contributed by atoms with Crippen LogP contribution in [0.15, 0.2) is 23.8 Å². The average Bonchev–Trinajstić information content (AvgIpc) is 2.45. The third-order valence-electron chi connectivity index (χ3n) is 3.35. The van der Waals surface area contributed by atoms with Crippen LogP contribution in [0, 0.1) is 11.8 Å². The molecule has 0 heterocycles. The molecule has 0 fully saturated rings. The van der Waals surface area contributed by atoms with Crippen LogP contribution in [0.5, 0.6) is 11.5 Å². The summed E-state index contributed by atoms with van der Waals surface area (Å²) in [6.45, 7) is 10.8. The Labute approximate surface area is 129 Å². The molecule has 0 aliphatic rings. The van der Waals surface area contributed by atoms with Crippen molar-refractivity contribution >= 4 is 6.08 Å². The zero-order chi connectivity index (χ0) is 15.8. The highest BCUT2D eigenvalue weighted by Crippen LogP contribution is 2.25. The Balaban J connectivity index is 2.93. The van der Waals surface area contributed by atoms with E-state index < -0.39 is 0 Å². The summed E-state index contributed by atoms with van der Waals surface area (Å²) in [6, 6.07) is 5.96. The van der Waals surface area contributed by atoms with Crippen molar-refractivity contribution in [1.29, 1.82) is 0 Å². The molecule has 0 atom stereocenters. The van der Waals surface area contributed by atoms with Gasteiger partial charge in [-0.05, 0) is 36.1 Å². The van der Waals surface area contributed by atoms with Crippen LogP contribution in [0.1, 0.15) is 33.3 Å². The molecule has 0 aliphatic carbocycles. The minimum atomic E-state index is 0.502. The van der Waals surface area contributed by atoms with Gasteiger partial charge in [0.05, 0.1) is 14.2 Å². The summed E-state index contributed by atoms with van der Waals surface area (Å²) in [6.07, 6.45) is 2.23. The maximum atomic E-state index is 5.33. The lowest BCUT2D eigenvalue weighted by atomic mass is 9.99. The van der Waals surface area contributed by atoms with Crippen LogP contribution in [-0.4, -0.2) is 27.3 Å². The van der Waals surface area contributed by atoms with E-state index in [1.165, 1.54) is 5.57 Å². The Kier molecular flexibility index (Phi) is 7.30. The molecule has 0 saturated heterocycles. The summed E-state index contributed by atoms with van der Waals surface area (Å²) in [5.41, 5.74) is 2.49. The molecule has 118 valence electrons. The van der Waals surface area contributed by atoms with Crippen molar-refractivity contribution < 1.29 is 9.47 Å². The summed E-state index contributed by atoms with van der Waals surface area (Å²) in [5, 5.41) is 3.51. The summed E-state index contributed by atoms with van der Waals surface area (Å²) in [7, 11) is 3.35. The third kappa shape index (κ3) is 6.21. The van der Waals surface area contributed by atoms with Gasteiger partial charge in [-0.3, -0.25) is 0 Å². The Hall–Kier alpha value is -1.48. The molecule has 3 nitrogen and oxygen atoms in total. The number of methoxy groups -OCH3 is 2. The van der Waals surface area contributed by atoms with E-state index in [1.54, 1.807) is 14.2 Å². The molecular weight excluding hydrogens is 262 g/mol. The highest BCUT2D eigenvalue weighted by molar-refractivity contribution is 5.58. The molecule has 0 aliphatic heterocycles. The van der Waals surface area contributed by atoms with Crippen LogP contribution in [0.3, 0.4) is 0 Å². The van der Waals surface area contributed by atoms with Crippen LogP contribution in [0.2, 0.25) is 0 Å². The minimum Gasteiger partial charge on any atom is -0.497 e. The molecule has 21 heavy (non-hydrogen) atoms. The van der Waals surface area contributed by atoms with Gasteiger partial charge in [-0.25, -0.2) is 0 Å². The lowest BCUT2D eigenvalue weighted by Crippen LogP contribution is -2.23. The lowest BCUT2D eigenvalue weighted by molar-refractivity contribution is 0.394. The number of nitrogens with one attached hydrogen (secondary N) is 1. The molecule has 1 aromatic carbocycles. The van der Waals surface area contributed by atoms with Crippen molar-refractivity contribution in [2.75, 3.05) is 27.3 Å². The molecule has 0 radical (unpaired) electrons. The van der Waals surface area contributed by atoms with E-state index in [9.17, 15) is 0 Å². The van der Waals surface area contributed by atoms with Gasteiger partial charge < -0.3 is 14.8 Å². The highest BCUT2D eigenvalue weighted by atomic mass is 16.5. The first kappa shape index (κ1) is 17.6. The van der Waals surface area contributed by atoms with Gasteiger partial charge >= 0.3 is 0 Å². The molecule has 1 rings (SSSR count). The molecule has 0 spiro atoms. The van der Waals surface area contributed by atoms with E-state index in [1.807, 2.05) is 18.2 Å². The number of hydrogen-bond acceptors (Lipinski definition) is 3. The first-order chi connectivity index (χ1) is 9.96. The first-order valence-corrected chi connectivity index (χ1v) is 7.60. The van der Waals surface area contributed by atoms with Gasteiger partial charge in [0.15, 0.2) is 0 Å². The Morgan fingerprint density at radius 1 is 1.05 bits per heavy atom. The second-order valence-electron chi connectivity index (χ2n) is 6.04. The fourth-order valence-corrected chi connectivity index (χ4v) is 2.05. The first-order valence-electron chi connectivity index (χ1n) is 7.60. The fraction of sp³-hybridized carbons (Fsp3) is 0.556. The van der Waals surface area contributed by atoms with Crippen molar-refractivity contribution in [3.05, 3.63) is 29.3 Å². The summed E-state index contributed by atoms with van der Waals surface area (Å²) < 4.78 is 10.7. The Morgan fingerprint density at radius 3 is 2.05 bits per heavy atom. The molecule has 3 heteroatoms. The van der Waals surface area contributed by atoms with Crippen molar-refractivity contribution in [3.63, 3.8) is 0 Å². The standard InChI is InChI=1S/C18H29NO2/c1-13(2)11-19-12-16(14(3)4)7-15-8-17(20-5)10-18(9-15)21-6/h7-10,13-14,19H,11-12H2,1-6H3. The Bertz CT molecular complexity index is 442. The molecule has 0 aromatic heterocycles. The van der Waals surface area contributed by atoms with Gasteiger partial charge in [-0.2, -0.15) is 0 Å². The largest absolute Gasteiger partial charge is 0.497 e. The SMILES string of the molecule is COc1cc(C=C(CNCC(C)C)C(C)C)cc(OC)c1. The lowest BCUT2D eigenvalue weighted by Gasteiger charge is -2.15. The van der Waals surface area contributed by atoms with Gasteiger partial charge in [0, 0.05) is 12.6 Å². The number of ether oxygens (including phenoxy) is 2. The van der Waals surface area contributed by atoms with Crippen LogP contribution >= 0.6 is 0 Å². The van der Waals surface area contributed by atoms with Crippen LogP contribution in [0.4, 0.5) is 0 Å². The maximum Gasteiger partial charge on any atom is 0.123 e. The van der Waals surface area contributed by atoms with E-state index in [0.717, 1.165) is 30.2 Å². The molecular formula is C18H29NO2. The van der Waals surface area contributed by atoms with Crippen LogP contribution in [0.25, 0.3) is 6.08 Å². The summed E-state index contributed by atoms with van der Waals surface area (Å²) in [5.74, 6) is 2.80. The zero-order valence-electron chi connectivity index (χ0n) is 14.2. The molecule has 0 bridgehead atoms. The van der Waals surface area contributed by atoms with Crippen molar-refractivity contribution in [3.8, 4) is 11.5 Å². The Morgan fingerprint density at radius 2 is 1.62 bits per heavy atom. The van der Waals surface area contributed by atoms with Crippen molar-refractivity contribution in [1.82, 2.24) is 5.32 Å². The van der Waals surface area contributed by atoms with Crippen LogP contribution < -0.4 is 14.8 Å². The second-order valence-corrected chi connectivity index (χ2v) is 6.04. The molecule has 0 saturated carbocycles. The molecule has 0 amide bonds. The third-order valence-corrected chi connectivity index (χ3v) is 3.35. The van der Waals surface area contributed by atoms with Gasteiger partial charge in [0.2, 0.25) is 0 Å². The van der Waals surface area contributed by atoms with E-state index in [0.29, 0.717) is 11.8 Å². The predicted octanol–water partition coefficient (Wildman–Crippen LogP) is 3.99. The predicted molar refractivity (Wildman–Crippen MR) is 90.1 cm³/mol. The summed E-state index contributed by atoms with van der Waals surface area (Å²) in [4.78, 5) is 0. The van der Waals surface area contributed by atoms with Gasteiger partial charge in [-0.1, -0.05) is 39.3 Å². The number of benzene rings is 1. The van der Waals surface area contributed by atoms with E-state index in [2.05, 4.69) is 39.1 Å². The smallest absolute Gasteiger partial charge is 0.123 e. The van der Waals surface area contributed by atoms with E-state index in [4.69, 9.17) is 9.47 Å². The van der Waals surface area contributed by atoms with Crippen molar-refractivity contribution in [2.24, 2.45) is 11.8 Å². The molecule has 0 unspecified atom stereocenters. The monoisotopic (exact) mass is 291 g/mol. The molecule has 1 N–H and O–H groups in total. The van der Waals surface area contributed by atoms with Gasteiger partial charge in [0.25, 0.3) is 0 Å². The topological polar surface area (TPSA) is 30.5 Å². The fourth-order valence-electron chi connectivity index (χ4n) is 2.05. The maximum absolute atomic E-state index is 5.33. The quantitative estimate of drug-likeness (QED) is 0.785. The van der Waals surface area contributed by atoms with Crippen LogP contribution in [-0.2, 0) is 0 Å². The minimum absolute atomic E-state index is 0.502. The summed E-state index contributed by atoms with van der Waals surface area (Å²) >= 11 is 0.